The van der Waals surface area contributed by atoms with Crippen LogP contribution in [0.2, 0.25) is 19.6 Å². The molecular formula is C19H23NOSi. The molecular weight excluding hydrogens is 286 g/mol. The van der Waals surface area contributed by atoms with Gasteiger partial charge < -0.3 is 4.98 Å². The predicted molar refractivity (Wildman–Crippen MR) is 95.6 cm³/mol. The third kappa shape index (κ3) is 2.61. The second-order valence-corrected chi connectivity index (χ2v) is 12.2. The van der Waals surface area contributed by atoms with Gasteiger partial charge in [-0.3, -0.25) is 4.79 Å². The zero-order valence-electron chi connectivity index (χ0n) is 13.7. The number of carbonyl (C=O) groups excluding carboxylic acids is 1. The largest absolute Gasteiger partial charge is 0.364 e. The molecule has 1 atom stereocenters. The van der Waals surface area contributed by atoms with E-state index in [1.807, 2.05) is 6.20 Å². The van der Waals surface area contributed by atoms with Crippen LogP contribution in [-0.4, -0.2) is 18.8 Å². The Labute approximate surface area is 133 Å². The third-order valence-electron chi connectivity index (χ3n) is 4.39. The Hall–Kier alpha value is -1.87. The number of ketones is 1. The van der Waals surface area contributed by atoms with Crippen LogP contribution in [0, 0.1) is 0 Å². The number of hydrogen-bond acceptors (Lipinski definition) is 1. The molecule has 1 heterocycles. The molecule has 3 heteroatoms. The lowest BCUT2D eigenvalue weighted by atomic mass is 9.88. The van der Waals surface area contributed by atoms with Gasteiger partial charge in [0.15, 0.2) is 0 Å². The summed E-state index contributed by atoms with van der Waals surface area (Å²) in [4.78, 5) is 15.2. The van der Waals surface area contributed by atoms with Crippen molar-refractivity contribution in [2.24, 2.45) is 0 Å². The van der Waals surface area contributed by atoms with E-state index in [2.05, 4.69) is 61.0 Å². The van der Waals surface area contributed by atoms with Crippen molar-refractivity contribution in [1.82, 2.24) is 4.98 Å². The van der Waals surface area contributed by atoms with E-state index in [4.69, 9.17) is 0 Å². The fraction of sp³-hybridized carbons (Fsp3) is 0.316. The summed E-state index contributed by atoms with van der Waals surface area (Å²) < 4.78 is 0. The van der Waals surface area contributed by atoms with Crippen LogP contribution in [0.25, 0.3) is 11.3 Å². The van der Waals surface area contributed by atoms with Gasteiger partial charge in [-0.2, -0.15) is 0 Å². The average molecular weight is 309 g/mol. The van der Waals surface area contributed by atoms with Gasteiger partial charge in [0.1, 0.15) is 5.78 Å². The molecule has 0 aliphatic heterocycles. The summed E-state index contributed by atoms with van der Waals surface area (Å²) in [5.74, 6) is 0.362. The van der Waals surface area contributed by atoms with E-state index in [1.165, 1.54) is 27.6 Å². The van der Waals surface area contributed by atoms with E-state index >= 15 is 0 Å². The van der Waals surface area contributed by atoms with Gasteiger partial charge >= 0.3 is 0 Å². The van der Waals surface area contributed by atoms with Crippen LogP contribution in [0.5, 0.6) is 0 Å². The molecule has 1 N–H and O–H groups in total. The minimum Gasteiger partial charge on any atom is -0.364 e. The Balaban J connectivity index is 2.28. The van der Waals surface area contributed by atoms with E-state index in [9.17, 15) is 4.79 Å². The van der Waals surface area contributed by atoms with Crippen molar-refractivity contribution < 1.29 is 4.79 Å². The van der Waals surface area contributed by atoms with Gasteiger partial charge in [-0.15, -0.1) is 0 Å². The maximum Gasteiger partial charge on any atom is 0.130 e. The Morgan fingerprint density at radius 2 is 1.91 bits per heavy atom. The molecule has 3 rings (SSSR count). The molecule has 0 saturated heterocycles. The first-order valence-corrected chi connectivity index (χ1v) is 11.4. The summed E-state index contributed by atoms with van der Waals surface area (Å²) in [7, 11) is -1.49. The standard InChI is InChI=1S/C19H23NOSi/c1-13(21)11-17-15-8-6-5-7-14(15)12-18(22(2,3)4)16-9-10-20-19(16)17/h5-10,12,17,20H,11H2,1-4H3/t17-/m1/s1. The molecule has 2 aromatic rings. The summed E-state index contributed by atoms with van der Waals surface area (Å²) in [5, 5.41) is 1.46. The Kier molecular flexibility index (Phi) is 3.69. The number of aromatic nitrogens is 1. The number of fused-ring (bicyclic) bond motifs is 2. The van der Waals surface area contributed by atoms with Crippen molar-refractivity contribution in [3.05, 3.63) is 58.9 Å². The summed E-state index contributed by atoms with van der Waals surface area (Å²) in [6.07, 6.45) is 4.92. The van der Waals surface area contributed by atoms with Gasteiger partial charge in [-0.1, -0.05) is 55.2 Å². The summed E-state index contributed by atoms with van der Waals surface area (Å²) in [6.45, 7) is 8.82. The van der Waals surface area contributed by atoms with Crippen molar-refractivity contribution in [3.8, 4) is 0 Å². The minimum absolute atomic E-state index is 0.129. The van der Waals surface area contributed by atoms with Crippen LogP contribution in [0.1, 0.15) is 41.6 Å². The topological polar surface area (TPSA) is 32.9 Å². The summed E-state index contributed by atoms with van der Waals surface area (Å²) in [5.41, 5.74) is 5.03. The monoisotopic (exact) mass is 309 g/mol. The molecule has 1 aliphatic carbocycles. The molecule has 0 saturated carbocycles. The Morgan fingerprint density at radius 3 is 2.59 bits per heavy atom. The molecule has 0 bridgehead atoms. The van der Waals surface area contributed by atoms with Crippen LogP contribution in [0.15, 0.2) is 36.5 Å². The lowest BCUT2D eigenvalue weighted by Crippen LogP contribution is -2.23. The lowest BCUT2D eigenvalue weighted by Gasteiger charge is -2.22. The smallest absolute Gasteiger partial charge is 0.130 e. The first-order chi connectivity index (χ1) is 10.4. The highest BCUT2D eigenvalue weighted by Crippen LogP contribution is 2.41. The molecule has 0 fully saturated rings. The lowest BCUT2D eigenvalue weighted by molar-refractivity contribution is -0.117. The minimum atomic E-state index is -1.49. The van der Waals surface area contributed by atoms with Crippen LogP contribution >= 0.6 is 0 Å². The Bertz CT molecular complexity index is 749. The first kappa shape index (κ1) is 15.0. The van der Waals surface area contributed by atoms with E-state index in [0.29, 0.717) is 6.42 Å². The van der Waals surface area contributed by atoms with Crippen LogP contribution in [0.4, 0.5) is 0 Å². The van der Waals surface area contributed by atoms with Crippen molar-refractivity contribution >= 4 is 25.1 Å². The molecule has 1 aromatic heterocycles. The predicted octanol–water partition coefficient (Wildman–Crippen LogP) is 4.86. The van der Waals surface area contributed by atoms with Gasteiger partial charge in [0.05, 0.1) is 8.07 Å². The van der Waals surface area contributed by atoms with Crippen molar-refractivity contribution in [2.75, 3.05) is 0 Å². The third-order valence-corrected chi connectivity index (χ3v) is 6.42. The van der Waals surface area contributed by atoms with E-state index in [-0.39, 0.29) is 11.7 Å². The highest BCUT2D eigenvalue weighted by atomic mass is 28.3. The fourth-order valence-electron chi connectivity index (χ4n) is 3.37. The first-order valence-electron chi connectivity index (χ1n) is 7.86. The number of H-pyrrole nitrogens is 1. The highest BCUT2D eigenvalue weighted by molar-refractivity contribution is 6.94. The maximum absolute atomic E-state index is 11.8. The summed E-state index contributed by atoms with van der Waals surface area (Å²) >= 11 is 0. The molecule has 1 aliphatic rings. The van der Waals surface area contributed by atoms with Crippen molar-refractivity contribution in [2.45, 2.75) is 38.9 Å². The Morgan fingerprint density at radius 1 is 1.18 bits per heavy atom. The molecule has 22 heavy (non-hydrogen) atoms. The molecule has 0 spiro atoms. The normalized spacial score (nSPS) is 17.3. The van der Waals surface area contributed by atoms with Gasteiger partial charge in [0.2, 0.25) is 0 Å². The van der Waals surface area contributed by atoms with E-state index in [1.54, 1.807) is 6.92 Å². The number of nitrogens with one attached hydrogen (secondary N) is 1. The summed E-state index contributed by atoms with van der Waals surface area (Å²) in [6, 6.07) is 10.7. The highest BCUT2D eigenvalue weighted by Gasteiger charge is 2.31. The van der Waals surface area contributed by atoms with Gasteiger partial charge in [-0.05, 0) is 29.7 Å². The van der Waals surface area contributed by atoms with Crippen molar-refractivity contribution in [1.29, 1.82) is 0 Å². The van der Waals surface area contributed by atoms with E-state index < -0.39 is 8.07 Å². The number of aromatic amines is 1. The maximum atomic E-state index is 11.8. The number of Topliss-reactive ketones (excluding diaryl/α,β-unsaturated/α-hetero) is 1. The van der Waals surface area contributed by atoms with Gasteiger partial charge in [0, 0.05) is 24.2 Å². The van der Waals surface area contributed by atoms with Gasteiger partial charge in [-0.25, -0.2) is 0 Å². The molecule has 1 aromatic carbocycles. The number of benzene rings is 1. The molecule has 114 valence electrons. The fourth-order valence-corrected chi connectivity index (χ4v) is 4.99. The quantitative estimate of drug-likeness (QED) is 0.807. The second-order valence-electron chi connectivity index (χ2n) is 7.20. The zero-order valence-corrected chi connectivity index (χ0v) is 14.7. The van der Waals surface area contributed by atoms with Crippen LogP contribution < -0.4 is 0 Å². The average Bonchev–Trinajstić information content (AvgIpc) is 2.85. The van der Waals surface area contributed by atoms with Crippen LogP contribution in [-0.2, 0) is 4.79 Å². The van der Waals surface area contributed by atoms with E-state index in [0.717, 1.165) is 0 Å². The second kappa shape index (κ2) is 5.40. The molecule has 0 radical (unpaired) electrons. The molecule has 2 nitrogen and oxygen atoms in total. The SMILES string of the molecule is CC(=O)C[C@@H]1c2ccccc2C=C([Si](C)(C)C)c2cc[nH]c21. The number of rotatable bonds is 3. The molecule has 0 unspecified atom stereocenters. The van der Waals surface area contributed by atoms with Gasteiger partial charge in [0.25, 0.3) is 0 Å². The number of carbonyl (C=O) groups is 1. The van der Waals surface area contributed by atoms with Crippen LogP contribution in [0.3, 0.4) is 0 Å². The zero-order chi connectivity index (χ0) is 15.9. The van der Waals surface area contributed by atoms with Crippen molar-refractivity contribution in [3.63, 3.8) is 0 Å². The molecule has 0 amide bonds. The number of hydrogen-bond donors (Lipinski definition) is 1.